The lowest BCUT2D eigenvalue weighted by Crippen LogP contribution is -2.28. The molecule has 1 aromatic rings. The molecule has 2 heteroatoms. The molecule has 0 bridgehead atoms. The average molecular weight is 219 g/mol. The molecule has 0 aliphatic heterocycles. The zero-order chi connectivity index (χ0) is 12.1. The number of carbonyl (C=O) groups excluding carboxylic acids is 1. The number of aromatic amines is 1. The number of nitrogens with one attached hydrogen (secondary N) is 1. The van der Waals surface area contributed by atoms with Gasteiger partial charge in [0.2, 0.25) is 0 Å². The number of aromatic nitrogens is 1. The van der Waals surface area contributed by atoms with E-state index in [2.05, 4.69) is 39.6 Å². The van der Waals surface area contributed by atoms with Gasteiger partial charge >= 0.3 is 0 Å². The molecule has 0 atom stereocenters. The van der Waals surface area contributed by atoms with Crippen LogP contribution in [0, 0.1) is 5.41 Å². The Bertz CT molecular complexity index is 432. The molecule has 0 fully saturated rings. The summed E-state index contributed by atoms with van der Waals surface area (Å²) in [6.45, 7) is 10.8. The largest absolute Gasteiger partial charge is 0.364 e. The Morgan fingerprint density at radius 3 is 2.44 bits per heavy atom. The summed E-state index contributed by atoms with van der Waals surface area (Å²) in [7, 11) is 0. The van der Waals surface area contributed by atoms with Gasteiger partial charge in [-0.25, -0.2) is 0 Å². The second-order valence-electron chi connectivity index (χ2n) is 6.75. The van der Waals surface area contributed by atoms with Gasteiger partial charge in [-0.3, -0.25) is 4.79 Å². The van der Waals surface area contributed by atoms with Crippen molar-refractivity contribution in [3.63, 3.8) is 0 Å². The van der Waals surface area contributed by atoms with Crippen LogP contribution in [-0.2, 0) is 11.8 Å². The molecule has 2 rings (SSSR count). The lowest BCUT2D eigenvalue weighted by Gasteiger charge is -2.30. The number of H-pyrrole nitrogens is 1. The van der Waals surface area contributed by atoms with Gasteiger partial charge < -0.3 is 4.98 Å². The van der Waals surface area contributed by atoms with Gasteiger partial charge in [0.25, 0.3) is 0 Å². The number of carbonyl (C=O) groups is 1. The van der Waals surface area contributed by atoms with Gasteiger partial charge in [-0.05, 0) is 22.8 Å². The molecule has 1 heterocycles. The number of ketones is 1. The first-order valence-corrected chi connectivity index (χ1v) is 5.95. The topological polar surface area (TPSA) is 32.9 Å². The number of rotatable bonds is 0. The molecule has 0 saturated heterocycles. The molecule has 1 N–H and O–H groups in total. The van der Waals surface area contributed by atoms with Crippen molar-refractivity contribution in [2.45, 2.75) is 52.9 Å². The van der Waals surface area contributed by atoms with E-state index in [0.717, 1.165) is 17.7 Å². The first-order chi connectivity index (χ1) is 7.21. The molecule has 0 spiro atoms. The minimum atomic E-state index is 0.0429. The van der Waals surface area contributed by atoms with Crippen LogP contribution in [0.5, 0.6) is 0 Å². The Morgan fingerprint density at radius 2 is 1.88 bits per heavy atom. The number of hydrogen-bond donors (Lipinski definition) is 1. The number of Topliss-reactive ketones (excluding diaryl/α,β-unsaturated/α-hetero) is 1. The third-order valence-corrected chi connectivity index (χ3v) is 3.34. The molecular weight excluding hydrogens is 198 g/mol. The maximum atomic E-state index is 12.2. The average Bonchev–Trinajstić information content (AvgIpc) is 2.43. The predicted molar refractivity (Wildman–Crippen MR) is 65.9 cm³/mol. The summed E-state index contributed by atoms with van der Waals surface area (Å²) in [6.07, 6.45) is 3.66. The summed E-state index contributed by atoms with van der Waals surface area (Å²) < 4.78 is 0. The van der Waals surface area contributed by atoms with E-state index < -0.39 is 0 Å². The van der Waals surface area contributed by atoms with Crippen LogP contribution in [0.4, 0.5) is 0 Å². The van der Waals surface area contributed by atoms with Gasteiger partial charge in [-0.1, -0.05) is 34.6 Å². The smallest absolute Gasteiger partial charge is 0.165 e. The van der Waals surface area contributed by atoms with Crippen LogP contribution in [0.1, 0.15) is 62.7 Å². The lowest BCUT2D eigenvalue weighted by atomic mass is 9.73. The maximum absolute atomic E-state index is 12.2. The minimum Gasteiger partial charge on any atom is -0.364 e. The molecule has 0 saturated carbocycles. The van der Waals surface area contributed by atoms with E-state index in [1.165, 1.54) is 5.56 Å². The second-order valence-corrected chi connectivity index (χ2v) is 6.75. The highest BCUT2D eigenvalue weighted by Crippen LogP contribution is 2.38. The maximum Gasteiger partial charge on any atom is 0.165 e. The van der Waals surface area contributed by atoms with Gasteiger partial charge in [0.1, 0.15) is 0 Å². The van der Waals surface area contributed by atoms with Gasteiger partial charge in [0, 0.05) is 23.9 Å². The van der Waals surface area contributed by atoms with Crippen LogP contribution in [0.3, 0.4) is 0 Å². The summed E-state index contributed by atoms with van der Waals surface area (Å²) in [5.74, 6) is 0.303. The highest BCUT2D eigenvalue weighted by Gasteiger charge is 2.35. The van der Waals surface area contributed by atoms with Crippen LogP contribution in [0.15, 0.2) is 6.20 Å². The van der Waals surface area contributed by atoms with Crippen molar-refractivity contribution in [2.75, 3.05) is 0 Å². The van der Waals surface area contributed by atoms with Gasteiger partial charge in [-0.15, -0.1) is 0 Å². The van der Waals surface area contributed by atoms with Crippen LogP contribution in [-0.4, -0.2) is 10.8 Å². The van der Waals surface area contributed by atoms with Gasteiger partial charge in [0.15, 0.2) is 5.78 Å². The van der Waals surface area contributed by atoms with E-state index in [4.69, 9.17) is 0 Å². The van der Waals surface area contributed by atoms with Crippen molar-refractivity contribution in [1.82, 2.24) is 4.98 Å². The van der Waals surface area contributed by atoms with Crippen molar-refractivity contribution < 1.29 is 4.79 Å². The predicted octanol–water partition coefficient (Wildman–Crippen LogP) is 3.47. The van der Waals surface area contributed by atoms with Crippen molar-refractivity contribution in [2.24, 2.45) is 5.41 Å². The van der Waals surface area contributed by atoms with Crippen LogP contribution in [0.25, 0.3) is 0 Å². The van der Waals surface area contributed by atoms with E-state index in [0.29, 0.717) is 12.2 Å². The zero-order valence-corrected chi connectivity index (χ0v) is 10.9. The lowest BCUT2D eigenvalue weighted by molar-refractivity contribution is 0.0909. The Labute approximate surface area is 97.4 Å². The summed E-state index contributed by atoms with van der Waals surface area (Å²) in [6, 6.07) is 0. The Kier molecular flexibility index (Phi) is 2.30. The highest BCUT2D eigenvalue weighted by atomic mass is 16.1. The van der Waals surface area contributed by atoms with E-state index in [1.807, 2.05) is 6.20 Å². The monoisotopic (exact) mass is 219 g/mol. The van der Waals surface area contributed by atoms with E-state index in [-0.39, 0.29) is 10.8 Å². The fourth-order valence-corrected chi connectivity index (χ4v) is 2.58. The fraction of sp³-hybridized carbons (Fsp3) is 0.643. The Morgan fingerprint density at radius 1 is 1.25 bits per heavy atom. The third-order valence-electron chi connectivity index (χ3n) is 3.34. The van der Waals surface area contributed by atoms with E-state index >= 15 is 0 Å². The SMILES string of the molecule is CC1(C)CC(=O)c2c(C(C)(C)C)c[nH]c2C1. The normalized spacial score (nSPS) is 19.7. The first kappa shape index (κ1) is 11.4. The van der Waals surface area contributed by atoms with Gasteiger partial charge in [0.05, 0.1) is 0 Å². The molecule has 1 aromatic heterocycles. The Hall–Kier alpha value is -1.05. The van der Waals surface area contributed by atoms with Crippen molar-refractivity contribution >= 4 is 5.78 Å². The standard InChI is InChI=1S/C14H21NO/c1-13(2,3)9-8-15-10-6-14(4,5)7-11(16)12(9)10/h8,15H,6-7H2,1-5H3. The summed E-state index contributed by atoms with van der Waals surface area (Å²) in [5, 5.41) is 0. The molecular formula is C14H21NO. The molecule has 2 nitrogen and oxygen atoms in total. The molecule has 16 heavy (non-hydrogen) atoms. The van der Waals surface area contributed by atoms with E-state index in [9.17, 15) is 4.79 Å². The second kappa shape index (κ2) is 3.22. The van der Waals surface area contributed by atoms with Crippen LogP contribution < -0.4 is 0 Å². The summed E-state index contributed by atoms with van der Waals surface area (Å²) >= 11 is 0. The molecule has 0 unspecified atom stereocenters. The van der Waals surface area contributed by atoms with Crippen molar-refractivity contribution in [1.29, 1.82) is 0 Å². The fourth-order valence-electron chi connectivity index (χ4n) is 2.58. The quantitative estimate of drug-likeness (QED) is 0.712. The molecule has 0 radical (unpaired) electrons. The first-order valence-electron chi connectivity index (χ1n) is 5.95. The summed E-state index contributed by atoms with van der Waals surface area (Å²) in [4.78, 5) is 15.5. The number of hydrogen-bond acceptors (Lipinski definition) is 1. The molecule has 1 aliphatic rings. The van der Waals surface area contributed by atoms with Crippen molar-refractivity contribution in [3.05, 3.63) is 23.0 Å². The number of fused-ring (bicyclic) bond motifs is 1. The minimum absolute atomic E-state index is 0.0429. The zero-order valence-electron chi connectivity index (χ0n) is 10.9. The van der Waals surface area contributed by atoms with Crippen LogP contribution in [0.2, 0.25) is 0 Å². The molecule has 1 aliphatic carbocycles. The molecule has 88 valence electrons. The molecule has 0 amide bonds. The summed E-state index contributed by atoms with van der Waals surface area (Å²) in [5.41, 5.74) is 3.41. The van der Waals surface area contributed by atoms with Crippen LogP contribution >= 0.6 is 0 Å². The highest BCUT2D eigenvalue weighted by molar-refractivity contribution is 6.00. The molecule has 0 aromatic carbocycles. The third kappa shape index (κ3) is 1.81. The van der Waals surface area contributed by atoms with Gasteiger partial charge in [-0.2, -0.15) is 0 Å². The Balaban J connectivity index is 2.52. The van der Waals surface area contributed by atoms with Crippen molar-refractivity contribution in [3.8, 4) is 0 Å². The van der Waals surface area contributed by atoms with E-state index in [1.54, 1.807) is 0 Å².